The summed E-state index contributed by atoms with van der Waals surface area (Å²) in [6.07, 6.45) is -5.89. The van der Waals surface area contributed by atoms with Crippen LogP contribution in [0.15, 0.2) is 30.9 Å². The van der Waals surface area contributed by atoms with Crippen LogP contribution in [0.4, 0.5) is 23.4 Å². The molecule has 12 heteroatoms. The number of nitrogens with zero attached hydrogens (tertiary/aromatic N) is 4. The van der Waals surface area contributed by atoms with Gasteiger partial charge in [-0.05, 0) is 25.1 Å². The van der Waals surface area contributed by atoms with Gasteiger partial charge in [0.15, 0.2) is 23.2 Å². The van der Waals surface area contributed by atoms with E-state index in [4.69, 9.17) is 4.74 Å². The van der Waals surface area contributed by atoms with Crippen molar-refractivity contribution in [2.45, 2.75) is 44.2 Å². The number of aromatic nitrogens is 4. The maximum absolute atomic E-state index is 14.0. The Hall–Kier alpha value is -2.83. The van der Waals surface area contributed by atoms with E-state index in [-0.39, 0.29) is 29.1 Å². The van der Waals surface area contributed by atoms with Gasteiger partial charge in [0.1, 0.15) is 24.4 Å². The monoisotopic (exact) mass is 427 g/mol. The lowest BCUT2D eigenvalue weighted by Crippen LogP contribution is -2.30. The predicted octanol–water partition coefficient (Wildman–Crippen LogP) is 2.24. The van der Waals surface area contributed by atoms with Crippen LogP contribution in [0.5, 0.6) is 0 Å². The van der Waals surface area contributed by atoms with Gasteiger partial charge in [-0.1, -0.05) is 0 Å². The smallest absolute Gasteiger partial charge is 0.388 e. The molecule has 0 saturated carbocycles. The lowest BCUT2D eigenvalue weighted by atomic mass is 10.1. The van der Waals surface area contributed by atoms with Gasteiger partial charge in [0, 0.05) is 12.1 Å². The third kappa shape index (κ3) is 3.57. The van der Waals surface area contributed by atoms with E-state index in [1.54, 1.807) is 6.92 Å². The Kier molecular flexibility index (Phi) is 5.08. The molecule has 0 aliphatic carbocycles. The number of aliphatic hydroxyl groups is 2. The fourth-order valence-corrected chi connectivity index (χ4v) is 3.29. The van der Waals surface area contributed by atoms with Crippen LogP contribution in [-0.4, -0.2) is 48.0 Å². The summed E-state index contributed by atoms with van der Waals surface area (Å²) >= 11 is 0. The first-order chi connectivity index (χ1) is 14.2. The van der Waals surface area contributed by atoms with Crippen molar-refractivity contribution >= 4 is 17.0 Å². The normalized spacial score (nSPS) is 24.5. The molecule has 0 bridgehead atoms. The van der Waals surface area contributed by atoms with Crippen LogP contribution in [0.2, 0.25) is 0 Å². The zero-order valence-electron chi connectivity index (χ0n) is 15.5. The molecule has 0 amide bonds. The molecule has 4 rings (SSSR count). The second-order valence-electron chi connectivity index (χ2n) is 6.92. The van der Waals surface area contributed by atoms with Crippen molar-refractivity contribution < 1.29 is 32.5 Å². The average molecular weight is 427 g/mol. The van der Waals surface area contributed by atoms with E-state index in [1.165, 1.54) is 17.2 Å². The van der Waals surface area contributed by atoms with Gasteiger partial charge in [-0.25, -0.2) is 19.3 Å². The minimum absolute atomic E-state index is 0.164. The molecule has 3 aromatic rings. The van der Waals surface area contributed by atoms with Crippen molar-refractivity contribution in [3.63, 3.8) is 0 Å². The molecule has 1 aromatic carbocycles. The quantitative estimate of drug-likeness (QED) is 0.549. The Morgan fingerprint density at radius 3 is 2.60 bits per heavy atom. The summed E-state index contributed by atoms with van der Waals surface area (Å²) in [6.45, 7) is 1.34. The Morgan fingerprint density at radius 2 is 1.93 bits per heavy atom. The number of nitrogens with one attached hydrogen (secondary N) is 1. The first-order valence-electron chi connectivity index (χ1n) is 8.95. The summed E-state index contributed by atoms with van der Waals surface area (Å²) in [5, 5.41) is 22.9. The lowest BCUT2D eigenvalue weighted by Gasteiger charge is -2.16. The number of ether oxygens (including phenoxy) is 1. The number of benzene rings is 1. The van der Waals surface area contributed by atoms with Crippen molar-refractivity contribution in [2.75, 3.05) is 5.32 Å². The van der Waals surface area contributed by atoms with Crippen molar-refractivity contribution in [2.24, 2.45) is 0 Å². The highest BCUT2D eigenvalue weighted by atomic mass is 19.4. The zero-order chi connectivity index (χ0) is 21.6. The highest BCUT2D eigenvalue weighted by molar-refractivity contribution is 5.82. The van der Waals surface area contributed by atoms with Crippen LogP contribution < -0.4 is 5.32 Å². The molecule has 3 N–H and O–H groups in total. The highest BCUT2D eigenvalue weighted by Gasteiger charge is 2.42. The fraction of sp³-hybridized carbons (Fsp3) is 0.389. The van der Waals surface area contributed by atoms with Crippen LogP contribution in [0, 0.1) is 5.82 Å². The second kappa shape index (κ2) is 7.45. The minimum atomic E-state index is -4.59. The van der Waals surface area contributed by atoms with E-state index in [1.807, 2.05) is 0 Å². The standard InChI is InChI=1S/C18H17F4N5O3/c1-8-13(28)14(29)17(30-8)27-7-26-12-15(24-6-25-16(12)27)23-5-9-4-10(18(20,21)22)2-3-11(9)19/h2-4,6-8,13-14,17,28-29H,5H2,1H3,(H,23,24,25)/t8-,13-,14-,17-/m1/s1. The Labute approximate surface area is 167 Å². The van der Waals surface area contributed by atoms with Gasteiger partial charge in [-0.3, -0.25) is 4.57 Å². The van der Waals surface area contributed by atoms with Crippen molar-refractivity contribution in [1.82, 2.24) is 19.5 Å². The molecule has 30 heavy (non-hydrogen) atoms. The molecule has 1 aliphatic rings. The predicted molar refractivity (Wildman–Crippen MR) is 95.6 cm³/mol. The number of hydrogen-bond donors (Lipinski definition) is 3. The van der Waals surface area contributed by atoms with Gasteiger partial charge >= 0.3 is 6.18 Å². The van der Waals surface area contributed by atoms with Gasteiger partial charge in [0.2, 0.25) is 0 Å². The minimum Gasteiger partial charge on any atom is -0.388 e. The third-order valence-electron chi connectivity index (χ3n) is 4.93. The largest absolute Gasteiger partial charge is 0.416 e. The Morgan fingerprint density at radius 1 is 1.17 bits per heavy atom. The van der Waals surface area contributed by atoms with Gasteiger partial charge in [0.05, 0.1) is 18.0 Å². The molecule has 3 heterocycles. The molecule has 0 radical (unpaired) electrons. The maximum atomic E-state index is 14.0. The molecule has 160 valence electrons. The summed E-state index contributed by atoms with van der Waals surface area (Å²) < 4.78 is 59.6. The number of rotatable bonds is 4. The van der Waals surface area contributed by atoms with E-state index < -0.39 is 42.1 Å². The van der Waals surface area contributed by atoms with E-state index in [0.717, 1.165) is 12.1 Å². The number of hydrogen-bond acceptors (Lipinski definition) is 7. The Bertz CT molecular complexity index is 1070. The first kappa shape index (κ1) is 20.4. The number of fused-ring (bicyclic) bond motifs is 1. The first-order valence-corrected chi connectivity index (χ1v) is 8.95. The van der Waals surface area contributed by atoms with Crippen LogP contribution in [0.3, 0.4) is 0 Å². The molecular formula is C18H17F4N5O3. The molecule has 1 fully saturated rings. The lowest BCUT2D eigenvalue weighted by molar-refractivity contribution is -0.137. The molecule has 4 atom stereocenters. The van der Waals surface area contributed by atoms with Crippen LogP contribution in [0.25, 0.3) is 11.2 Å². The van der Waals surface area contributed by atoms with E-state index >= 15 is 0 Å². The maximum Gasteiger partial charge on any atom is 0.416 e. The molecule has 0 unspecified atom stereocenters. The molecule has 2 aromatic heterocycles. The molecule has 1 aliphatic heterocycles. The highest BCUT2D eigenvalue weighted by Crippen LogP contribution is 2.33. The van der Waals surface area contributed by atoms with Crippen molar-refractivity contribution in [3.05, 3.63) is 47.8 Å². The van der Waals surface area contributed by atoms with Crippen LogP contribution in [0.1, 0.15) is 24.3 Å². The zero-order valence-corrected chi connectivity index (χ0v) is 15.5. The number of halogens is 4. The summed E-state index contributed by atoms with van der Waals surface area (Å²) in [6, 6.07) is 2.16. The summed E-state index contributed by atoms with van der Waals surface area (Å²) in [5.41, 5.74) is -0.641. The fourth-order valence-electron chi connectivity index (χ4n) is 3.29. The van der Waals surface area contributed by atoms with Gasteiger partial charge in [-0.2, -0.15) is 13.2 Å². The second-order valence-corrected chi connectivity index (χ2v) is 6.92. The summed E-state index contributed by atoms with van der Waals surface area (Å²) in [4.78, 5) is 12.3. The topological polar surface area (TPSA) is 105 Å². The average Bonchev–Trinajstić information content (AvgIpc) is 3.23. The number of imidazole rings is 1. The van der Waals surface area contributed by atoms with Gasteiger partial charge in [-0.15, -0.1) is 0 Å². The Balaban J connectivity index is 1.61. The molecule has 8 nitrogen and oxygen atoms in total. The molecule has 0 spiro atoms. The number of alkyl halides is 3. The molecular weight excluding hydrogens is 410 g/mol. The van der Waals surface area contributed by atoms with Gasteiger partial charge in [0.25, 0.3) is 0 Å². The van der Waals surface area contributed by atoms with E-state index in [0.29, 0.717) is 6.07 Å². The van der Waals surface area contributed by atoms with Crippen molar-refractivity contribution in [3.8, 4) is 0 Å². The van der Waals surface area contributed by atoms with E-state index in [2.05, 4.69) is 20.3 Å². The van der Waals surface area contributed by atoms with Crippen molar-refractivity contribution in [1.29, 1.82) is 0 Å². The SMILES string of the molecule is C[C@H]1O[C@@H](n2cnc3c(NCc4cc(C(F)(F)F)ccc4F)ncnc32)[C@H](O)[C@@H]1O. The van der Waals surface area contributed by atoms with Gasteiger partial charge < -0.3 is 20.3 Å². The summed E-state index contributed by atoms with van der Waals surface area (Å²) in [7, 11) is 0. The number of anilines is 1. The molecule has 1 saturated heterocycles. The summed E-state index contributed by atoms with van der Waals surface area (Å²) in [5.74, 6) is -0.631. The van der Waals surface area contributed by atoms with Crippen LogP contribution in [-0.2, 0) is 17.5 Å². The van der Waals surface area contributed by atoms with E-state index in [9.17, 15) is 27.8 Å². The third-order valence-corrected chi connectivity index (χ3v) is 4.93. The van der Waals surface area contributed by atoms with Crippen LogP contribution >= 0.6 is 0 Å². The number of aliphatic hydroxyl groups excluding tert-OH is 2.